The summed E-state index contributed by atoms with van der Waals surface area (Å²) in [6, 6.07) is 0.457. The monoisotopic (exact) mass is 238 g/mol. The molecule has 0 aromatic heterocycles. The molecule has 0 spiro atoms. The van der Waals surface area contributed by atoms with Gasteiger partial charge in [0.2, 0.25) is 5.91 Å². The summed E-state index contributed by atoms with van der Waals surface area (Å²) in [7, 11) is 0. The fourth-order valence-electron chi connectivity index (χ4n) is 3.13. The molecule has 3 nitrogen and oxygen atoms in total. The minimum Gasteiger partial charge on any atom is -0.352 e. The van der Waals surface area contributed by atoms with Crippen LogP contribution in [0.15, 0.2) is 0 Å². The molecule has 0 heterocycles. The van der Waals surface area contributed by atoms with Crippen molar-refractivity contribution in [2.45, 2.75) is 63.8 Å². The first-order valence-corrected chi connectivity index (χ1v) is 7.34. The van der Waals surface area contributed by atoms with Gasteiger partial charge in [-0.1, -0.05) is 32.1 Å². The minimum atomic E-state index is 0.188. The zero-order valence-electron chi connectivity index (χ0n) is 10.8. The first kappa shape index (κ1) is 12.9. The second kappa shape index (κ2) is 7.00. The molecule has 1 amide bonds. The summed E-state index contributed by atoms with van der Waals surface area (Å²) in [5.74, 6) is 0.996. The van der Waals surface area contributed by atoms with Gasteiger partial charge in [-0.15, -0.1) is 0 Å². The van der Waals surface area contributed by atoms with E-state index in [1.54, 1.807) is 0 Å². The van der Waals surface area contributed by atoms with E-state index < -0.39 is 0 Å². The van der Waals surface area contributed by atoms with Crippen molar-refractivity contribution in [2.24, 2.45) is 5.92 Å². The molecule has 0 aliphatic heterocycles. The predicted molar refractivity (Wildman–Crippen MR) is 69.8 cm³/mol. The molecule has 2 saturated carbocycles. The average molecular weight is 238 g/mol. The lowest BCUT2D eigenvalue weighted by Gasteiger charge is -2.21. The van der Waals surface area contributed by atoms with Gasteiger partial charge in [0.25, 0.3) is 0 Å². The Morgan fingerprint density at radius 3 is 2.29 bits per heavy atom. The molecule has 2 N–H and O–H groups in total. The first-order chi connectivity index (χ1) is 8.34. The van der Waals surface area contributed by atoms with E-state index in [9.17, 15) is 4.79 Å². The number of hydrogen-bond donors (Lipinski definition) is 2. The number of carbonyl (C=O) groups is 1. The van der Waals surface area contributed by atoms with E-state index >= 15 is 0 Å². The summed E-state index contributed by atoms with van der Waals surface area (Å²) < 4.78 is 0. The zero-order valence-corrected chi connectivity index (χ0v) is 10.8. The van der Waals surface area contributed by atoms with Crippen LogP contribution in [0.1, 0.15) is 57.8 Å². The molecule has 3 heteroatoms. The molecule has 2 rings (SSSR count). The van der Waals surface area contributed by atoms with Crippen molar-refractivity contribution in [1.82, 2.24) is 10.6 Å². The van der Waals surface area contributed by atoms with Gasteiger partial charge in [-0.25, -0.2) is 0 Å². The predicted octanol–water partition coefficient (Wildman–Crippen LogP) is 2.22. The van der Waals surface area contributed by atoms with Crippen molar-refractivity contribution < 1.29 is 4.79 Å². The van der Waals surface area contributed by atoms with E-state index in [2.05, 4.69) is 10.6 Å². The molecule has 2 aliphatic rings. The number of rotatable bonds is 5. The highest BCUT2D eigenvalue weighted by Crippen LogP contribution is 2.22. The molecule has 2 aliphatic carbocycles. The zero-order chi connectivity index (χ0) is 11.9. The summed E-state index contributed by atoms with van der Waals surface area (Å²) in [5.41, 5.74) is 0. The van der Waals surface area contributed by atoms with Gasteiger partial charge < -0.3 is 10.6 Å². The van der Waals surface area contributed by atoms with Crippen molar-refractivity contribution >= 4 is 5.91 Å². The highest BCUT2D eigenvalue weighted by Gasteiger charge is 2.17. The Morgan fingerprint density at radius 2 is 1.59 bits per heavy atom. The molecule has 0 aromatic rings. The van der Waals surface area contributed by atoms with Gasteiger partial charge in [-0.3, -0.25) is 4.79 Å². The third kappa shape index (κ3) is 4.66. The van der Waals surface area contributed by atoms with Crippen LogP contribution in [0.5, 0.6) is 0 Å². The lowest BCUT2D eigenvalue weighted by molar-refractivity contribution is -0.120. The summed E-state index contributed by atoms with van der Waals surface area (Å²) in [5, 5.41) is 6.43. The van der Waals surface area contributed by atoms with E-state index in [0.29, 0.717) is 12.6 Å². The van der Waals surface area contributed by atoms with Crippen LogP contribution in [0.25, 0.3) is 0 Å². The Kier molecular flexibility index (Phi) is 5.30. The third-order valence-electron chi connectivity index (χ3n) is 4.16. The highest BCUT2D eigenvalue weighted by atomic mass is 16.1. The van der Waals surface area contributed by atoms with Crippen LogP contribution in [0.3, 0.4) is 0 Å². The average Bonchev–Trinajstić information content (AvgIpc) is 2.83. The van der Waals surface area contributed by atoms with E-state index in [0.717, 1.165) is 12.5 Å². The van der Waals surface area contributed by atoms with Crippen LogP contribution in [-0.4, -0.2) is 25.0 Å². The van der Waals surface area contributed by atoms with Gasteiger partial charge in [0.1, 0.15) is 0 Å². The fourth-order valence-corrected chi connectivity index (χ4v) is 3.13. The van der Waals surface area contributed by atoms with Crippen molar-refractivity contribution in [3.8, 4) is 0 Å². The quantitative estimate of drug-likeness (QED) is 0.771. The van der Waals surface area contributed by atoms with Gasteiger partial charge in [0, 0.05) is 6.04 Å². The van der Waals surface area contributed by atoms with Gasteiger partial charge in [-0.05, 0) is 38.1 Å². The molecule has 0 unspecified atom stereocenters. The molecule has 0 atom stereocenters. The first-order valence-electron chi connectivity index (χ1n) is 7.34. The Morgan fingerprint density at radius 1 is 0.941 bits per heavy atom. The molecule has 0 saturated heterocycles. The summed E-state index contributed by atoms with van der Waals surface area (Å²) in [4.78, 5) is 11.7. The van der Waals surface area contributed by atoms with Gasteiger partial charge >= 0.3 is 0 Å². The van der Waals surface area contributed by atoms with Crippen molar-refractivity contribution in [3.05, 3.63) is 0 Å². The van der Waals surface area contributed by atoms with Crippen molar-refractivity contribution in [2.75, 3.05) is 13.1 Å². The van der Waals surface area contributed by atoms with Crippen molar-refractivity contribution in [3.63, 3.8) is 0 Å². The van der Waals surface area contributed by atoms with Crippen LogP contribution >= 0.6 is 0 Å². The summed E-state index contributed by atoms with van der Waals surface area (Å²) in [6.07, 6.45) is 11.7. The van der Waals surface area contributed by atoms with Gasteiger partial charge in [0.05, 0.1) is 6.54 Å². The molecule has 2 fully saturated rings. The number of amides is 1. The third-order valence-corrected chi connectivity index (χ3v) is 4.16. The SMILES string of the molecule is O=C(CNCC1CCCCC1)NC1CCCC1. The van der Waals surface area contributed by atoms with E-state index in [1.807, 2.05) is 0 Å². The molecular weight excluding hydrogens is 212 g/mol. The Balaban J connectivity index is 1.53. The van der Waals surface area contributed by atoms with E-state index in [1.165, 1.54) is 57.8 Å². The van der Waals surface area contributed by atoms with E-state index in [-0.39, 0.29) is 5.91 Å². The smallest absolute Gasteiger partial charge is 0.234 e. The Hall–Kier alpha value is -0.570. The van der Waals surface area contributed by atoms with Crippen molar-refractivity contribution in [1.29, 1.82) is 0 Å². The maximum absolute atomic E-state index is 11.7. The number of nitrogens with one attached hydrogen (secondary N) is 2. The second-order valence-electron chi connectivity index (χ2n) is 5.68. The highest BCUT2D eigenvalue weighted by molar-refractivity contribution is 5.78. The molecule has 17 heavy (non-hydrogen) atoms. The molecule has 0 radical (unpaired) electrons. The van der Waals surface area contributed by atoms with E-state index in [4.69, 9.17) is 0 Å². The van der Waals surface area contributed by atoms with Gasteiger partial charge in [0.15, 0.2) is 0 Å². The van der Waals surface area contributed by atoms with Crippen LogP contribution in [-0.2, 0) is 4.79 Å². The topological polar surface area (TPSA) is 41.1 Å². The lowest BCUT2D eigenvalue weighted by Crippen LogP contribution is -2.40. The minimum absolute atomic E-state index is 0.188. The number of carbonyl (C=O) groups excluding carboxylic acids is 1. The molecule has 0 aromatic carbocycles. The Labute approximate surface area is 105 Å². The standard InChI is InChI=1S/C14H26N2O/c17-14(16-13-8-4-5-9-13)11-15-10-12-6-2-1-3-7-12/h12-13,15H,1-11H2,(H,16,17). The fraction of sp³-hybridized carbons (Fsp3) is 0.929. The maximum atomic E-state index is 11.7. The normalized spacial score (nSPS) is 22.8. The second-order valence-corrected chi connectivity index (χ2v) is 5.68. The largest absolute Gasteiger partial charge is 0.352 e. The molecule has 0 bridgehead atoms. The summed E-state index contributed by atoms with van der Waals surface area (Å²) >= 11 is 0. The van der Waals surface area contributed by atoms with Gasteiger partial charge in [-0.2, -0.15) is 0 Å². The summed E-state index contributed by atoms with van der Waals surface area (Å²) in [6.45, 7) is 1.53. The number of hydrogen-bond acceptors (Lipinski definition) is 2. The molecule has 98 valence electrons. The maximum Gasteiger partial charge on any atom is 0.234 e. The van der Waals surface area contributed by atoms with Crippen LogP contribution < -0.4 is 10.6 Å². The van der Waals surface area contributed by atoms with Crippen LogP contribution in [0, 0.1) is 5.92 Å². The molecular formula is C14H26N2O. The lowest BCUT2D eigenvalue weighted by atomic mass is 9.89. The van der Waals surface area contributed by atoms with Crippen LogP contribution in [0.4, 0.5) is 0 Å². The van der Waals surface area contributed by atoms with Crippen LogP contribution in [0.2, 0.25) is 0 Å². The Bertz CT molecular complexity index is 230.